The van der Waals surface area contributed by atoms with Crippen molar-refractivity contribution in [3.63, 3.8) is 0 Å². The van der Waals surface area contributed by atoms with Crippen LogP contribution >= 0.6 is 0 Å². The van der Waals surface area contributed by atoms with E-state index in [0.717, 1.165) is 17.1 Å². The zero-order chi connectivity index (χ0) is 22.9. The highest BCUT2D eigenvalue weighted by molar-refractivity contribution is 5.95. The molecule has 0 aliphatic carbocycles. The van der Waals surface area contributed by atoms with Gasteiger partial charge in [0.2, 0.25) is 0 Å². The molecule has 2 aromatic heterocycles. The van der Waals surface area contributed by atoms with Crippen molar-refractivity contribution in [2.24, 2.45) is 7.05 Å². The van der Waals surface area contributed by atoms with Crippen LogP contribution in [0.15, 0.2) is 79.3 Å². The number of terminal acetylenes is 1. The highest BCUT2D eigenvalue weighted by Gasteiger charge is 2.12. The van der Waals surface area contributed by atoms with E-state index in [9.17, 15) is 4.79 Å². The third-order valence-electron chi connectivity index (χ3n) is 4.74. The van der Waals surface area contributed by atoms with Crippen LogP contribution in [0, 0.1) is 12.3 Å². The number of nitrogens with zero attached hydrogens (tertiary/aromatic N) is 5. The Balaban J connectivity index is 1.66. The number of amides is 1. The highest BCUT2D eigenvalue weighted by Crippen LogP contribution is 2.16. The van der Waals surface area contributed by atoms with Gasteiger partial charge in [-0.1, -0.05) is 37.3 Å². The Morgan fingerprint density at radius 1 is 1.25 bits per heavy atom. The van der Waals surface area contributed by atoms with Crippen molar-refractivity contribution < 1.29 is 4.79 Å². The molecule has 0 radical (unpaired) electrons. The van der Waals surface area contributed by atoms with E-state index in [4.69, 9.17) is 6.42 Å². The molecule has 0 bridgehead atoms. The number of hydrogen-bond acceptors (Lipinski definition) is 6. The average Bonchev–Trinajstić information content (AvgIpc) is 3.21. The zero-order valence-corrected chi connectivity index (χ0v) is 17.7. The van der Waals surface area contributed by atoms with E-state index in [1.54, 1.807) is 42.6 Å². The molecule has 3 aromatic rings. The molecule has 160 valence electrons. The van der Waals surface area contributed by atoms with Gasteiger partial charge in [-0.05, 0) is 29.8 Å². The lowest BCUT2D eigenvalue weighted by molar-refractivity contribution is 0.0957. The summed E-state index contributed by atoms with van der Waals surface area (Å²) in [7, 11) is 1.87. The molecule has 8 nitrogen and oxygen atoms in total. The number of benzene rings is 1. The molecule has 0 aliphatic rings. The van der Waals surface area contributed by atoms with Crippen LogP contribution in [0.5, 0.6) is 0 Å². The lowest BCUT2D eigenvalue weighted by Crippen LogP contribution is -2.25. The Hall–Kier alpha value is -4.51. The number of rotatable bonds is 9. The number of carbonyl (C=O) groups excluding carboxylic acids is 1. The van der Waals surface area contributed by atoms with Gasteiger partial charge in [-0.3, -0.25) is 4.79 Å². The van der Waals surface area contributed by atoms with Crippen LogP contribution in [-0.2, 0) is 13.6 Å². The van der Waals surface area contributed by atoms with Gasteiger partial charge in [0.1, 0.15) is 12.0 Å². The predicted octanol–water partition coefficient (Wildman–Crippen LogP) is 2.92. The van der Waals surface area contributed by atoms with Crippen LogP contribution in [0.4, 0.5) is 5.69 Å². The Morgan fingerprint density at radius 3 is 2.78 bits per heavy atom. The number of aromatic nitrogens is 5. The minimum absolute atomic E-state index is 0.224. The van der Waals surface area contributed by atoms with Crippen LogP contribution in [-0.4, -0.2) is 37.2 Å². The van der Waals surface area contributed by atoms with Gasteiger partial charge < -0.3 is 15.2 Å². The van der Waals surface area contributed by atoms with E-state index in [1.165, 1.54) is 6.33 Å². The van der Waals surface area contributed by atoms with Crippen LogP contribution in [0.25, 0.3) is 11.5 Å². The molecule has 3 rings (SSSR count). The molecule has 0 fully saturated rings. The topological polar surface area (TPSA) is 97.6 Å². The first-order valence-electron chi connectivity index (χ1n) is 9.78. The maximum absolute atomic E-state index is 12.6. The van der Waals surface area contributed by atoms with Crippen LogP contribution in [0.1, 0.15) is 16.2 Å². The second-order valence-electron chi connectivity index (χ2n) is 6.70. The van der Waals surface area contributed by atoms with Gasteiger partial charge in [0.15, 0.2) is 11.6 Å². The summed E-state index contributed by atoms with van der Waals surface area (Å²) in [4.78, 5) is 20.7. The van der Waals surface area contributed by atoms with Gasteiger partial charge in [0.25, 0.3) is 5.91 Å². The minimum Gasteiger partial charge on any atom is -0.378 e. The van der Waals surface area contributed by atoms with Crippen molar-refractivity contribution in [2.75, 3.05) is 11.9 Å². The molecule has 32 heavy (non-hydrogen) atoms. The van der Waals surface area contributed by atoms with Crippen molar-refractivity contribution in [3.05, 3.63) is 90.7 Å². The summed E-state index contributed by atoms with van der Waals surface area (Å²) in [6.07, 6.45) is 11.8. The smallest absolute Gasteiger partial charge is 0.251 e. The molecule has 0 atom stereocenters. The molecule has 0 spiro atoms. The predicted molar refractivity (Wildman–Crippen MR) is 124 cm³/mol. The fourth-order valence-corrected chi connectivity index (χ4v) is 2.95. The summed E-state index contributed by atoms with van der Waals surface area (Å²) < 4.78 is 1.86. The van der Waals surface area contributed by atoms with E-state index in [0.29, 0.717) is 29.2 Å². The second kappa shape index (κ2) is 10.5. The quantitative estimate of drug-likeness (QED) is 0.404. The molecule has 0 aliphatic heterocycles. The number of allylic oxidation sites excluding steroid dienone is 2. The lowest BCUT2D eigenvalue weighted by atomic mass is 10.1. The van der Waals surface area contributed by atoms with Gasteiger partial charge in [-0.25, -0.2) is 9.97 Å². The number of nitrogens with one attached hydrogen (secondary N) is 2. The molecule has 0 unspecified atom stereocenters. The summed E-state index contributed by atoms with van der Waals surface area (Å²) in [5, 5.41) is 14.6. The van der Waals surface area contributed by atoms with Crippen molar-refractivity contribution >= 4 is 11.6 Å². The monoisotopic (exact) mass is 425 g/mol. The van der Waals surface area contributed by atoms with Crippen molar-refractivity contribution in [2.45, 2.75) is 6.54 Å². The van der Waals surface area contributed by atoms with Gasteiger partial charge in [0, 0.05) is 36.6 Å². The summed E-state index contributed by atoms with van der Waals surface area (Å²) in [5.74, 6) is 3.68. The standard InChI is InChI=1S/C24H23N7O/c1-5-17(6-2)18(7-3)14-27-24(32)19-9-8-10-20(13-19)26-15-22-29-30-23(31(22)4)21-11-12-25-16-28-21/h1,6-13,16,26H,2-3,14-15H2,4H3,(H,27,32)/b18-17+. The molecule has 2 heterocycles. The van der Waals surface area contributed by atoms with E-state index in [1.807, 2.05) is 17.7 Å². The maximum Gasteiger partial charge on any atom is 0.251 e. The summed E-state index contributed by atoms with van der Waals surface area (Å²) >= 11 is 0. The van der Waals surface area contributed by atoms with Gasteiger partial charge in [0.05, 0.1) is 6.54 Å². The van der Waals surface area contributed by atoms with Crippen molar-refractivity contribution in [1.29, 1.82) is 0 Å². The van der Waals surface area contributed by atoms with Gasteiger partial charge in [-0.2, -0.15) is 0 Å². The normalized spacial score (nSPS) is 11.1. The number of hydrogen-bond donors (Lipinski definition) is 2. The van der Waals surface area contributed by atoms with E-state index >= 15 is 0 Å². The molecule has 8 heteroatoms. The summed E-state index contributed by atoms with van der Waals surface area (Å²) in [6.45, 7) is 8.11. The third kappa shape index (κ3) is 5.15. The molecule has 1 aromatic carbocycles. The lowest BCUT2D eigenvalue weighted by Gasteiger charge is -2.10. The molecule has 2 N–H and O–H groups in total. The largest absolute Gasteiger partial charge is 0.378 e. The Kier molecular flexibility index (Phi) is 7.28. The molecule has 1 amide bonds. The van der Waals surface area contributed by atoms with Crippen LogP contribution in [0.3, 0.4) is 0 Å². The highest BCUT2D eigenvalue weighted by atomic mass is 16.1. The number of anilines is 1. The first-order chi connectivity index (χ1) is 15.6. The first kappa shape index (κ1) is 22.2. The van der Waals surface area contributed by atoms with E-state index in [-0.39, 0.29) is 12.5 Å². The fourth-order valence-electron chi connectivity index (χ4n) is 2.95. The molecular formula is C24H23N7O. The minimum atomic E-state index is -0.224. The Bertz CT molecular complexity index is 1200. The van der Waals surface area contributed by atoms with E-state index in [2.05, 4.69) is 49.9 Å². The van der Waals surface area contributed by atoms with Crippen LogP contribution in [0.2, 0.25) is 0 Å². The zero-order valence-electron chi connectivity index (χ0n) is 17.7. The Morgan fingerprint density at radius 2 is 2.09 bits per heavy atom. The number of carbonyl (C=O) groups is 1. The van der Waals surface area contributed by atoms with Crippen molar-refractivity contribution in [3.8, 4) is 23.9 Å². The van der Waals surface area contributed by atoms with Crippen molar-refractivity contribution in [1.82, 2.24) is 30.0 Å². The second-order valence-corrected chi connectivity index (χ2v) is 6.70. The van der Waals surface area contributed by atoms with Crippen LogP contribution < -0.4 is 10.6 Å². The van der Waals surface area contributed by atoms with Gasteiger partial charge >= 0.3 is 0 Å². The summed E-state index contributed by atoms with van der Waals surface area (Å²) in [5.41, 5.74) is 3.31. The Labute approximate surface area is 186 Å². The first-order valence-corrected chi connectivity index (χ1v) is 9.78. The molecule has 0 saturated heterocycles. The average molecular weight is 425 g/mol. The molecular weight excluding hydrogens is 402 g/mol. The van der Waals surface area contributed by atoms with E-state index < -0.39 is 0 Å². The molecule has 0 saturated carbocycles. The third-order valence-corrected chi connectivity index (χ3v) is 4.74. The SMILES string of the molecule is C#C/C(C=C)=C(/C=C)CNC(=O)c1cccc(NCc2nnc(-c3ccncn3)n2C)c1. The van der Waals surface area contributed by atoms with Gasteiger partial charge in [-0.15, -0.1) is 16.6 Å². The fraction of sp³-hybridized carbons (Fsp3) is 0.125. The maximum atomic E-state index is 12.6. The summed E-state index contributed by atoms with van der Waals surface area (Å²) in [6, 6.07) is 8.97.